The van der Waals surface area contributed by atoms with Gasteiger partial charge in [-0.25, -0.2) is 0 Å². The fourth-order valence-electron chi connectivity index (χ4n) is 2.14. The first-order chi connectivity index (χ1) is 7.54. The highest BCUT2D eigenvalue weighted by atomic mass is 16.2. The lowest BCUT2D eigenvalue weighted by Gasteiger charge is -2.39. The highest BCUT2D eigenvalue weighted by Gasteiger charge is 2.48. The van der Waals surface area contributed by atoms with E-state index in [1.165, 1.54) is 0 Å². The summed E-state index contributed by atoms with van der Waals surface area (Å²) in [7, 11) is 2.01. The lowest BCUT2D eigenvalue weighted by molar-refractivity contribution is -0.133. The summed E-state index contributed by atoms with van der Waals surface area (Å²) in [6, 6.07) is 2.17. The molecule has 0 aromatic heterocycles. The number of nitrogens with zero attached hydrogens (tertiary/aromatic N) is 2. The number of rotatable bonds is 5. The van der Waals surface area contributed by atoms with Gasteiger partial charge < -0.3 is 10.2 Å². The molecule has 0 aromatic carbocycles. The van der Waals surface area contributed by atoms with Crippen molar-refractivity contribution in [3.8, 4) is 6.07 Å². The zero-order valence-electron chi connectivity index (χ0n) is 10.4. The lowest BCUT2D eigenvalue weighted by Crippen LogP contribution is -2.49. The number of hydrogen-bond acceptors (Lipinski definition) is 3. The maximum Gasteiger partial charge on any atom is 0.240 e. The molecule has 0 aliphatic heterocycles. The molecular formula is C12H21N3O. The van der Waals surface area contributed by atoms with Crippen molar-refractivity contribution < 1.29 is 4.79 Å². The van der Waals surface area contributed by atoms with Crippen LogP contribution in [0.15, 0.2) is 0 Å². The zero-order chi connectivity index (χ0) is 12.2. The second-order valence-corrected chi connectivity index (χ2v) is 4.86. The molecule has 0 saturated heterocycles. The van der Waals surface area contributed by atoms with E-state index in [0.29, 0.717) is 25.3 Å². The van der Waals surface area contributed by atoms with Crippen LogP contribution in [-0.2, 0) is 4.79 Å². The fraction of sp³-hybridized carbons (Fsp3) is 0.833. The highest BCUT2D eigenvalue weighted by molar-refractivity contribution is 5.86. The third-order valence-electron chi connectivity index (χ3n) is 3.36. The Hall–Kier alpha value is -1.08. The molecule has 4 heteroatoms. The van der Waals surface area contributed by atoms with E-state index in [-0.39, 0.29) is 5.91 Å². The molecule has 0 heterocycles. The lowest BCUT2D eigenvalue weighted by atomic mass is 9.63. The topological polar surface area (TPSA) is 56.1 Å². The van der Waals surface area contributed by atoms with Gasteiger partial charge in [0.25, 0.3) is 0 Å². The molecule has 0 aromatic rings. The minimum absolute atomic E-state index is 0.0856. The average Bonchev–Trinajstić information content (AvgIpc) is 2.23. The van der Waals surface area contributed by atoms with Crippen LogP contribution in [0.5, 0.6) is 0 Å². The van der Waals surface area contributed by atoms with E-state index in [1.807, 2.05) is 7.05 Å². The fourth-order valence-corrected chi connectivity index (χ4v) is 2.14. The van der Waals surface area contributed by atoms with Gasteiger partial charge in [0.05, 0.1) is 6.07 Å². The molecule has 1 saturated carbocycles. The number of nitriles is 1. The highest BCUT2D eigenvalue weighted by Crippen LogP contribution is 2.44. The Labute approximate surface area is 97.6 Å². The molecule has 0 bridgehead atoms. The molecule has 0 unspecified atom stereocenters. The second kappa shape index (κ2) is 5.31. The van der Waals surface area contributed by atoms with Crippen LogP contribution in [-0.4, -0.2) is 37.5 Å². The van der Waals surface area contributed by atoms with E-state index in [1.54, 1.807) is 0 Å². The number of carbonyl (C=O) groups excluding carboxylic acids is 1. The predicted octanol–water partition coefficient (Wildman–Crippen LogP) is 0.994. The SMILES string of the molecule is CCN(C)CCNC(=O)C1(C#N)CC(C)C1. The number of nitrogens with one attached hydrogen (secondary N) is 1. The Kier molecular flexibility index (Phi) is 4.31. The van der Waals surface area contributed by atoms with Crippen molar-refractivity contribution in [2.75, 3.05) is 26.7 Å². The van der Waals surface area contributed by atoms with Crippen LogP contribution in [0.1, 0.15) is 26.7 Å². The molecule has 0 radical (unpaired) electrons. The van der Waals surface area contributed by atoms with Gasteiger partial charge in [-0.3, -0.25) is 4.79 Å². The Bertz CT molecular complexity index is 289. The predicted molar refractivity (Wildman–Crippen MR) is 62.6 cm³/mol. The minimum atomic E-state index is -0.732. The smallest absolute Gasteiger partial charge is 0.240 e. The molecule has 1 aliphatic rings. The standard InChI is InChI=1S/C12H21N3O/c1-4-15(3)6-5-14-11(16)12(9-13)7-10(2)8-12/h10H,4-8H2,1-3H3,(H,14,16). The second-order valence-electron chi connectivity index (χ2n) is 4.86. The van der Waals surface area contributed by atoms with Crippen molar-refractivity contribution in [2.45, 2.75) is 26.7 Å². The molecule has 90 valence electrons. The number of hydrogen-bond donors (Lipinski definition) is 1. The average molecular weight is 223 g/mol. The van der Waals surface area contributed by atoms with Gasteiger partial charge >= 0.3 is 0 Å². The summed E-state index contributed by atoms with van der Waals surface area (Å²) in [5.74, 6) is 0.418. The molecule has 1 rings (SSSR count). The summed E-state index contributed by atoms with van der Waals surface area (Å²) < 4.78 is 0. The first kappa shape index (κ1) is 13.0. The maximum atomic E-state index is 11.8. The van der Waals surface area contributed by atoms with Crippen LogP contribution < -0.4 is 5.32 Å². The largest absolute Gasteiger partial charge is 0.353 e. The zero-order valence-corrected chi connectivity index (χ0v) is 10.4. The number of likely N-dealkylation sites (N-methyl/N-ethyl adjacent to an activating group) is 1. The van der Waals surface area contributed by atoms with Crippen molar-refractivity contribution in [3.05, 3.63) is 0 Å². The molecular weight excluding hydrogens is 202 g/mol. The van der Waals surface area contributed by atoms with E-state index in [9.17, 15) is 4.79 Å². The van der Waals surface area contributed by atoms with Crippen LogP contribution in [0.2, 0.25) is 0 Å². The summed E-state index contributed by atoms with van der Waals surface area (Å²) in [5, 5.41) is 11.9. The van der Waals surface area contributed by atoms with Gasteiger partial charge in [-0.15, -0.1) is 0 Å². The quantitative estimate of drug-likeness (QED) is 0.756. The maximum absolute atomic E-state index is 11.8. The van der Waals surface area contributed by atoms with Crippen LogP contribution in [0.25, 0.3) is 0 Å². The van der Waals surface area contributed by atoms with E-state index >= 15 is 0 Å². The van der Waals surface area contributed by atoms with Gasteiger partial charge in [-0.05, 0) is 32.4 Å². The van der Waals surface area contributed by atoms with Gasteiger partial charge in [0, 0.05) is 13.1 Å². The van der Waals surface area contributed by atoms with Crippen molar-refractivity contribution >= 4 is 5.91 Å². The Morgan fingerprint density at radius 2 is 2.25 bits per heavy atom. The molecule has 1 amide bonds. The molecule has 16 heavy (non-hydrogen) atoms. The van der Waals surface area contributed by atoms with Gasteiger partial charge in [0.15, 0.2) is 0 Å². The molecule has 1 aliphatic carbocycles. The molecule has 0 spiro atoms. The third-order valence-corrected chi connectivity index (χ3v) is 3.36. The summed E-state index contributed by atoms with van der Waals surface area (Å²) in [6.45, 7) is 6.58. The summed E-state index contributed by atoms with van der Waals surface area (Å²) in [6.07, 6.45) is 1.41. The van der Waals surface area contributed by atoms with Crippen LogP contribution in [0, 0.1) is 22.7 Å². The normalized spacial score (nSPS) is 28.3. The van der Waals surface area contributed by atoms with Gasteiger partial charge in [-0.1, -0.05) is 13.8 Å². The summed E-state index contributed by atoms with van der Waals surface area (Å²) >= 11 is 0. The molecule has 4 nitrogen and oxygen atoms in total. The van der Waals surface area contributed by atoms with Crippen molar-refractivity contribution in [1.82, 2.24) is 10.2 Å². The van der Waals surface area contributed by atoms with E-state index in [2.05, 4.69) is 30.1 Å². The van der Waals surface area contributed by atoms with Crippen molar-refractivity contribution in [3.63, 3.8) is 0 Å². The van der Waals surface area contributed by atoms with Gasteiger partial charge in [-0.2, -0.15) is 5.26 Å². The van der Waals surface area contributed by atoms with Gasteiger partial charge in [0.2, 0.25) is 5.91 Å². The van der Waals surface area contributed by atoms with Crippen molar-refractivity contribution in [2.24, 2.45) is 11.3 Å². The first-order valence-electron chi connectivity index (χ1n) is 5.92. The molecule has 0 atom stereocenters. The number of carbonyl (C=O) groups is 1. The van der Waals surface area contributed by atoms with E-state index in [0.717, 1.165) is 13.1 Å². The monoisotopic (exact) mass is 223 g/mol. The van der Waals surface area contributed by atoms with E-state index in [4.69, 9.17) is 5.26 Å². The van der Waals surface area contributed by atoms with Crippen LogP contribution in [0.3, 0.4) is 0 Å². The van der Waals surface area contributed by atoms with Crippen LogP contribution in [0.4, 0.5) is 0 Å². The first-order valence-corrected chi connectivity index (χ1v) is 5.92. The third kappa shape index (κ3) is 2.73. The Morgan fingerprint density at radius 1 is 1.62 bits per heavy atom. The Balaban J connectivity index is 2.33. The van der Waals surface area contributed by atoms with Crippen LogP contribution >= 0.6 is 0 Å². The van der Waals surface area contributed by atoms with Crippen molar-refractivity contribution in [1.29, 1.82) is 5.26 Å². The van der Waals surface area contributed by atoms with Gasteiger partial charge in [0.1, 0.15) is 5.41 Å². The number of amides is 1. The Morgan fingerprint density at radius 3 is 2.69 bits per heavy atom. The molecule has 1 N–H and O–H groups in total. The molecule has 1 fully saturated rings. The summed E-state index contributed by atoms with van der Waals surface area (Å²) in [5.41, 5.74) is -0.732. The summed E-state index contributed by atoms with van der Waals surface area (Å²) in [4.78, 5) is 14.0. The minimum Gasteiger partial charge on any atom is -0.353 e. The van der Waals surface area contributed by atoms with E-state index < -0.39 is 5.41 Å².